The average Bonchev–Trinajstić information content (AvgIpc) is 2.82. The quantitative estimate of drug-likeness (QED) is 0.696. The lowest BCUT2D eigenvalue weighted by Crippen LogP contribution is -1.98. The molecule has 4 nitrogen and oxygen atoms in total. The number of nitrogens with zero attached hydrogens (tertiary/aromatic N) is 1. The average molecular weight is 289 g/mol. The van der Waals surface area contributed by atoms with E-state index in [1.807, 2.05) is 36.4 Å². The second kappa shape index (κ2) is 4.70. The van der Waals surface area contributed by atoms with Crippen LogP contribution in [0.25, 0.3) is 17.0 Å². The summed E-state index contributed by atoms with van der Waals surface area (Å²) in [6.07, 6.45) is 1.62. The molecule has 2 aromatic carbocycles. The van der Waals surface area contributed by atoms with Crippen molar-refractivity contribution in [2.24, 2.45) is 0 Å². The zero-order chi connectivity index (χ0) is 15.1. The molecule has 106 valence electrons. The first kappa shape index (κ1) is 12.6. The van der Waals surface area contributed by atoms with E-state index < -0.39 is 0 Å². The minimum Gasteiger partial charge on any atom is -0.508 e. The van der Waals surface area contributed by atoms with Crippen LogP contribution in [0, 0.1) is 0 Å². The molecule has 4 heteroatoms. The first-order valence-corrected chi connectivity index (χ1v) is 6.84. The Labute approximate surface area is 126 Å². The van der Waals surface area contributed by atoms with E-state index in [0.717, 1.165) is 10.9 Å². The number of carbonyl (C=O) groups is 1. The van der Waals surface area contributed by atoms with Gasteiger partial charge in [-0.3, -0.25) is 4.79 Å². The molecule has 1 aliphatic rings. The van der Waals surface area contributed by atoms with E-state index in [4.69, 9.17) is 4.74 Å². The normalized spacial score (nSPS) is 15.1. The van der Waals surface area contributed by atoms with Gasteiger partial charge in [0.05, 0.1) is 16.8 Å². The fraction of sp³-hybridized carbons (Fsp3) is 0. The number of aromatic nitrogens is 1. The monoisotopic (exact) mass is 289 g/mol. The molecule has 0 spiro atoms. The number of pyridine rings is 1. The zero-order valence-electron chi connectivity index (χ0n) is 11.5. The molecule has 0 radical (unpaired) electrons. The highest BCUT2D eigenvalue weighted by Gasteiger charge is 2.27. The second-order valence-corrected chi connectivity index (χ2v) is 5.05. The molecule has 2 heterocycles. The molecule has 0 bridgehead atoms. The minimum atomic E-state index is -0.204. The van der Waals surface area contributed by atoms with Crippen LogP contribution in [-0.4, -0.2) is 15.9 Å². The van der Waals surface area contributed by atoms with E-state index in [0.29, 0.717) is 17.0 Å². The number of benzene rings is 2. The van der Waals surface area contributed by atoms with Crippen molar-refractivity contribution in [3.05, 3.63) is 71.6 Å². The molecule has 1 aliphatic heterocycles. The van der Waals surface area contributed by atoms with Crippen LogP contribution in [-0.2, 0) is 0 Å². The number of fused-ring (bicyclic) bond motifs is 2. The lowest BCUT2D eigenvalue weighted by Gasteiger charge is -2.00. The van der Waals surface area contributed by atoms with Crippen LogP contribution in [0.5, 0.6) is 11.5 Å². The lowest BCUT2D eigenvalue weighted by molar-refractivity contribution is 0.101. The molecule has 0 unspecified atom stereocenters. The van der Waals surface area contributed by atoms with Crippen molar-refractivity contribution in [3.63, 3.8) is 0 Å². The number of Topliss-reactive ketones (excluding diaryl/α,β-unsaturated/α-hetero) is 1. The lowest BCUT2D eigenvalue weighted by atomic mass is 10.1. The number of allylic oxidation sites excluding steroid dienone is 1. The van der Waals surface area contributed by atoms with Gasteiger partial charge in [-0.15, -0.1) is 0 Å². The molecule has 0 saturated heterocycles. The number of hydrogen-bond acceptors (Lipinski definition) is 4. The molecule has 0 aliphatic carbocycles. The predicted octanol–water partition coefficient (Wildman–Crippen LogP) is 3.56. The van der Waals surface area contributed by atoms with Gasteiger partial charge in [-0.1, -0.05) is 24.3 Å². The summed E-state index contributed by atoms with van der Waals surface area (Å²) >= 11 is 0. The molecule has 0 atom stereocenters. The van der Waals surface area contributed by atoms with Gasteiger partial charge in [0.15, 0.2) is 5.76 Å². The molecule has 4 rings (SSSR count). The summed E-state index contributed by atoms with van der Waals surface area (Å²) in [6.45, 7) is 0. The second-order valence-electron chi connectivity index (χ2n) is 5.05. The number of rotatable bonds is 1. The highest BCUT2D eigenvalue weighted by atomic mass is 16.5. The van der Waals surface area contributed by atoms with Crippen molar-refractivity contribution in [2.75, 3.05) is 0 Å². The van der Waals surface area contributed by atoms with E-state index in [9.17, 15) is 9.90 Å². The number of phenols is 1. The Bertz CT molecular complexity index is 944. The fourth-order valence-corrected chi connectivity index (χ4v) is 2.47. The summed E-state index contributed by atoms with van der Waals surface area (Å²) in [4.78, 5) is 16.8. The number of hydrogen-bond donors (Lipinski definition) is 1. The smallest absolute Gasteiger partial charge is 0.232 e. The van der Waals surface area contributed by atoms with Crippen molar-refractivity contribution in [2.45, 2.75) is 0 Å². The Balaban J connectivity index is 1.75. The van der Waals surface area contributed by atoms with Crippen LogP contribution in [0.4, 0.5) is 0 Å². The Hall–Kier alpha value is -3.14. The summed E-state index contributed by atoms with van der Waals surface area (Å²) < 4.78 is 5.53. The summed E-state index contributed by atoms with van der Waals surface area (Å²) in [5.74, 6) is 0.446. The largest absolute Gasteiger partial charge is 0.508 e. The maximum Gasteiger partial charge on any atom is 0.232 e. The van der Waals surface area contributed by atoms with Crippen LogP contribution in [0.2, 0.25) is 0 Å². The SMILES string of the molecule is O=C1/C(=C/c2ccc3ccccc3n2)Oc2cc(O)ccc21. The Kier molecular flexibility index (Phi) is 2.69. The molecule has 1 N–H and O–H groups in total. The third kappa shape index (κ3) is 2.02. The van der Waals surface area contributed by atoms with Crippen LogP contribution >= 0.6 is 0 Å². The molecular formula is C18H11NO3. The topological polar surface area (TPSA) is 59.4 Å². The van der Waals surface area contributed by atoms with Crippen molar-refractivity contribution in [1.82, 2.24) is 4.98 Å². The summed E-state index contributed by atoms with van der Waals surface area (Å²) in [6, 6.07) is 16.0. The number of ether oxygens (including phenoxy) is 1. The molecule has 1 aromatic heterocycles. The van der Waals surface area contributed by atoms with Crippen LogP contribution in [0.3, 0.4) is 0 Å². The number of para-hydroxylation sites is 1. The van der Waals surface area contributed by atoms with Gasteiger partial charge in [0.2, 0.25) is 5.78 Å². The van der Waals surface area contributed by atoms with Gasteiger partial charge in [0.25, 0.3) is 0 Å². The predicted molar refractivity (Wildman–Crippen MR) is 82.8 cm³/mol. The molecule has 22 heavy (non-hydrogen) atoms. The van der Waals surface area contributed by atoms with Crippen molar-refractivity contribution < 1.29 is 14.6 Å². The molecule has 0 saturated carbocycles. The molecule has 0 fully saturated rings. The number of carbonyl (C=O) groups excluding carboxylic acids is 1. The summed E-state index contributed by atoms with van der Waals surface area (Å²) in [7, 11) is 0. The molecule has 0 amide bonds. The summed E-state index contributed by atoms with van der Waals surface area (Å²) in [5, 5.41) is 10.5. The number of phenolic OH excluding ortho intramolecular Hbond substituents is 1. The van der Waals surface area contributed by atoms with Crippen LogP contribution in [0.1, 0.15) is 16.1 Å². The van der Waals surface area contributed by atoms with E-state index in [1.165, 1.54) is 12.1 Å². The maximum absolute atomic E-state index is 12.3. The zero-order valence-corrected chi connectivity index (χ0v) is 11.5. The van der Waals surface area contributed by atoms with Gasteiger partial charge in [0.1, 0.15) is 11.5 Å². The molecule has 3 aromatic rings. The summed E-state index contributed by atoms with van der Waals surface area (Å²) in [5.41, 5.74) is 1.96. The van der Waals surface area contributed by atoms with Gasteiger partial charge >= 0.3 is 0 Å². The first-order valence-electron chi connectivity index (χ1n) is 6.84. The van der Waals surface area contributed by atoms with Gasteiger partial charge in [-0.25, -0.2) is 4.98 Å². The maximum atomic E-state index is 12.3. The van der Waals surface area contributed by atoms with Gasteiger partial charge in [-0.05, 0) is 24.3 Å². The Morgan fingerprint density at radius 2 is 1.91 bits per heavy atom. The standard InChI is InChI=1S/C18H11NO3/c20-13-7-8-14-16(10-13)22-17(18(14)21)9-12-6-5-11-3-1-2-4-15(11)19-12/h1-10,20H/b17-9-. The van der Waals surface area contributed by atoms with E-state index in [-0.39, 0.29) is 17.3 Å². The fourth-order valence-electron chi connectivity index (χ4n) is 2.47. The highest BCUT2D eigenvalue weighted by molar-refractivity contribution is 6.14. The Morgan fingerprint density at radius 1 is 1.05 bits per heavy atom. The van der Waals surface area contributed by atoms with Gasteiger partial charge < -0.3 is 9.84 Å². The van der Waals surface area contributed by atoms with E-state index in [2.05, 4.69) is 4.98 Å². The third-order valence-electron chi connectivity index (χ3n) is 3.55. The van der Waals surface area contributed by atoms with Crippen molar-refractivity contribution >= 4 is 22.8 Å². The number of aromatic hydroxyl groups is 1. The van der Waals surface area contributed by atoms with E-state index >= 15 is 0 Å². The minimum absolute atomic E-state index is 0.0663. The van der Waals surface area contributed by atoms with Crippen molar-refractivity contribution in [3.8, 4) is 11.5 Å². The number of ketones is 1. The highest BCUT2D eigenvalue weighted by Crippen LogP contribution is 2.34. The first-order chi connectivity index (χ1) is 10.7. The van der Waals surface area contributed by atoms with Crippen LogP contribution in [0.15, 0.2) is 60.4 Å². The van der Waals surface area contributed by atoms with E-state index in [1.54, 1.807) is 12.1 Å². The molecular weight excluding hydrogens is 278 g/mol. The van der Waals surface area contributed by atoms with Crippen molar-refractivity contribution in [1.29, 1.82) is 0 Å². The van der Waals surface area contributed by atoms with Gasteiger partial charge in [0, 0.05) is 17.5 Å². The third-order valence-corrected chi connectivity index (χ3v) is 3.55. The van der Waals surface area contributed by atoms with Gasteiger partial charge in [-0.2, -0.15) is 0 Å². The Morgan fingerprint density at radius 3 is 2.82 bits per heavy atom. The van der Waals surface area contributed by atoms with Crippen LogP contribution < -0.4 is 4.74 Å².